The van der Waals surface area contributed by atoms with E-state index in [2.05, 4.69) is 10.2 Å². The number of hydrogen-bond donors (Lipinski definition) is 0. The predicted octanol–water partition coefficient (Wildman–Crippen LogP) is 3.69. The molecule has 0 spiro atoms. The molecular weight excluding hydrogens is 347 g/mol. The van der Waals surface area contributed by atoms with Crippen molar-refractivity contribution in [1.29, 1.82) is 0 Å². The molecule has 4 aliphatic carbocycles. The second-order valence-electron chi connectivity index (χ2n) is 8.76. The molecule has 5 nitrogen and oxygen atoms in total. The number of carbonyl (C=O) groups excluding carboxylic acids is 1. The van der Waals surface area contributed by atoms with Crippen LogP contribution in [-0.4, -0.2) is 26.9 Å². The number of hydrogen-bond acceptors (Lipinski definition) is 4. The van der Waals surface area contributed by atoms with E-state index in [4.69, 9.17) is 4.74 Å². The maximum Gasteiger partial charge on any atom is 0.491 e. The first-order chi connectivity index (χ1) is 12.3. The monoisotopic (exact) mass is 369 g/mol. The van der Waals surface area contributed by atoms with Gasteiger partial charge in [0.2, 0.25) is 0 Å². The molecule has 26 heavy (non-hydrogen) atoms. The van der Waals surface area contributed by atoms with Gasteiger partial charge < -0.3 is 4.74 Å². The van der Waals surface area contributed by atoms with E-state index in [9.17, 15) is 18.0 Å². The Morgan fingerprint density at radius 1 is 1.08 bits per heavy atom. The molecule has 4 fully saturated rings. The molecule has 142 valence electrons. The fraction of sp³-hybridized carbons (Fsp3) is 0.833. The van der Waals surface area contributed by atoms with Crippen molar-refractivity contribution in [2.24, 2.45) is 17.8 Å². The lowest BCUT2D eigenvalue weighted by Gasteiger charge is -2.56. The number of aromatic nitrogens is 3. The highest BCUT2D eigenvalue weighted by atomic mass is 19.4. The van der Waals surface area contributed by atoms with E-state index in [0.717, 1.165) is 25.1 Å². The van der Waals surface area contributed by atoms with Gasteiger partial charge in [0.25, 0.3) is 0 Å². The minimum Gasteiger partial charge on any atom is -0.434 e. The van der Waals surface area contributed by atoms with Crippen molar-refractivity contribution in [2.45, 2.75) is 75.6 Å². The van der Waals surface area contributed by atoms with E-state index in [-0.39, 0.29) is 5.41 Å². The summed E-state index contributed by atoms with van der Waals surface area (Å²) in [6.45, 7) is 0. The summed E-state index contributed by atoms with van der Waals surface area (Å²) in [5, 5.41) is 8.72. The average Bonchev–Trinajstić information content (AvgIpc) is 2.98. The molecule has 0 radical (unpaired) electrons. The van der Waals surface area contributed by atoms with E-state index < -0.39 is 18.4 Å². The summed E-state index contributed by atoms with van der Waals surface area (Å²) < 4.78 is 44.7. The number of rotatable bonds is 2. The number of aryl methyl sites for hydroxylation is 1. The fourth-order valence-corrected chi connectivity index (χ4v) is 6.41. The number of carbonyl (C=O) groups is 1. The summed E-state index contributed by atoms with van der Waals surface area (Å²) >= 11 is 0. The molecule has 1 atom stereocenters. The lowest BCUT2D eigenvalue weighted by atomic mass is 9.49. The van der Waals surface area contributed by atoms with Gasteiger partial charge in [0, 0.05) is 18.3 Å². The molecule has 1 aliphatic heterocycles. The van der Waals surface area contributed by atoms with Crippen LogP contribution >= 0.6 is 0 Å². The minimum absolute atomic E-state index is 0.0970. The smallest absolute Gasteiger partial charge is 0.434 e. The topological polar surface area (TPSA) is 57.0 Å². The second-order valence-corrected chi connectivity index (χ2v) is 8.76. The highest BCUT2D eigenvalue weighted by Gasteiger charge is 2.55. The molecule has 0 N–H and O–H groups in total. The molecule has 0 saturated heterocycles. The van der Waals surface area contributed by atoms with Crippen LogP contribution in [0, 0.1) is 17.8 Å². The molecule has 8 heteroatoms. The summed E-state index contributed by atoms with van der Waals surface area (Å²) in [7, 11) is 0. The van der Waals surface area contributed by atoms with Gasteiger partial charge in [-0.05, 0) is 62.7 Å². The number of ether oxygens (including phenoxy) is 1. The van der Waals surface area contributed by atoms with Gasteiger partial charge in [-0.2, -0.15) is 13.2 Å². The summed E-state index contributed by atoms with van der Waals surface area (Å²) in [6, 6.07) is 0. The van der Waals surface area contributed by atoms with Crippen molar-refractivity contribution in [2.75, 3.05) is 0 Å². The van der Waals surface area contributed by atoms with Crippen LogP contribution in [-0.2, 0) is 21.4 Å². The van der Waals surface area contributed by atoms with Crippen LogP contribution < -0.4 is 0 Å². The molecule has 4 saturated carbocycles. The van der Waals surface area contributed by atoms with E-state index in [0.29, 0.717) is 42.8 Å². The van der Waals surface area contributed by atoms with Crippen molar-refractivity contribution >= 4 is 5.97 Å². The Kier molecular flexibility index (Phi) is 3.47. The third-order valence-corrected chi connectivity index (χ3v) is 6.89. The Labute approximate surface area is 149 Å². The van der Waals surface area contributed by atoms with Crippen LogP contribution in [0.15, 0.2) is 0 Å². The Hall–Kier alpha value is -1.60. The Morgan fingerprint density at radius 3 is 2.27 bits per heavy atom. The third kappa shape index (κ3) is 2.47. The molecule has 1 aromatic rings. The van der Waals surface area contributed by atoms with E-state index in [1.165, 1.54) is 19.3 Å². The van der Waals surface area contributed by atoms with Crippen LogP contribution in [0.2, 0.25) is 0 Å². The molecule has 5 aliphatic rings. The number of nitrogens with zero attached hydrogens (tertiary/aromatic N) is 3. The molecule has 6 rings (SSSR count). The Morgan fingerprint density at radius 2 is 1.69 bits per heavy atom. The molecule has 0 amide bonds. The first kappa shape index (κ1) is 16.6. The summed E-state index contributed by atoms with van der Waals surface area (Å²) in [4.78, 5) is 11.4. The largest absolute Gasteiger partial charge is 0.491 e. The number of fused-ring (bicyclic) bond motifs is 1. The molecule has 2 heterocycles. The summed E-state index contributed by atoms with van der Waals surface area (Å²) in [6.07, 6.45) is 2.70. The van der Waals surface area contributed by atoms with Crippen molar-refractivity contribution in [3.05, 3.63) is 11.6 Å². The zero-order valence-corrected chi connectivity index (χ0v) is 14.5. The molecule has 1 unspecified atom stereocenters. The zero-order chi connectivity index (χ0) is 18.1. The number of halogens is 3. The van der Waals surface area contributed by atoms with Gasteiger partial charge in [0.1, 0.15) is 11.6 Å². The van der Waals surface area contributed by atoms with Gasteiger partial charge >= 0.3 is 12.1 Å². The SMILES string of the molecule is O=C(OC1CCCc2nnc(C34CC5CC(CC(C5)C3)C4)n21)C(F)(F)F. The van der Waals surface area contributed by atoms with Gasteiger partial charge in [-0.3, -0.25) is 4.57 Å². The highest BCUT2D eigenvalue weighted by molar-refractivity contribution is 5.75. The standard InChI is InChI=1S/C18H22F3N3O2/c19-18(20,21)16(25)26-14-3-1-2-13-22-23-15(24(13)14)17-7-10-4-11(8-17)6-12(5-10)9-17/h10-12,14H,1-9H2. The van der Waals surface area contributed by atoms with Gasteiger partial charge in [-0.25, -0.2) is 4.79 Å². The average molecular weight is 369 g/mol. The molecule has 0 aromatic carbocycles. The lowest BCUT2D eigenvalue weighted by Crippen LogP contribution is -2.50. The van der Waals surface area contributed by atoms with E-state index in [1.807, 2.05) is 0 Å². The van der Waals surface area contributed by atoms with Gasteiger partial charge in [0.15, 0.2) is 6.23 Å². The maximum atomic E-state index is 12.7. The van der Waals surface area contributed by atoms with Crippen LogP contribution in [0.4, 0.5) is 13.2 Å². The second kappa shape index (κ2) is 5.45. The Balaban J connectivity index is 1.51. The molecular formula is C18H22F3N3O2. The first-order valence-corrected chi connectivity index (χ1v) is 9.56. The van der Waals surface area contributed by atoms with Crippen LogP contribution in [0.5, 0.6) is 0 Å². The molecule has 4 bridgehead atoms. The summed E-state index contributed by atoms with van der Waals surface area (Å²) in [5.41, 5.74) is -0.0970. The Bertz CT molecular complexity index is 707. The predicted molar refractivity (Wildman–Crippen MR) is 84.0 cm³/mol. The van der Waals surface area contributed by atoms with Crippen LogP contribution in [0.3, 0.4) is 0 Å². The maximum absolute atomic E-state index is 12.7. The van der Waals surface area contributed by atoms with Crippen molar-refractivity contribution in [3.63, 3.8) is 0 Å². The van der Waals surface area contributed by atoms with E-state index in [1.54, 1.807) is 4.57 Å². The minimum atomic E-state index is -4.98. The van der Waals surface area contributed by atoms with Gasteiger partial charge in [-0.1, -0.05) is 0 Å². The lowest BCUT2D eigenvalue weighted by molar-refractivity contribution is -0.210. The van der Waals surface area contributed by atoms with Gasteiger partial charge in [0.05, 0.1) is 0 Å². The number of esters is 1. The number of alkyl halides is 3. The van der Waals surface area contributed by atoms with Crippen LogP contribution in [0.25, 0.3) is 0 Å². The zero-order valence-electron chi connectivity index (χ0n) is 14.5. The third-order valence-electron chi connectivity index (χ3n) is 6.89. The molecule has 1 aromatic heterocycles. The fourth-order valence-electron chi connectivity index (χ4n) is 6.41. The van der Waals surface area contributed by atoms with E-state index >= 15 is 0 Å². The quantitative estimate of drug-likeness (QED) is 0.746. The van der Waals surface area contributed by atoms with Crippen molar-refractivity contribution < 1.29 is 22.7 Å². The first-order valence-electron chi connectivity index (χ1n) is 9.56. The van der Waals surface area contributed by atoms with Gasteiger partial charge in [-0.15, -0.1) is 10.2 Å². The van der Waals surface area contributed by atoms with Crippen LogP contribution in [0.1, 0.15) is 69.2 Å². The normalized spacial score (nSPS) is 38.3. The summed E-state index contributed by atoms with van der Waals surface area (Å²) in [5.74, 6) is 1.37. The van der Waals surface area contributed by atoms with Crippen molar-refractivity contribution in [1.82, 2.24) is 14.8 Å². The highest BCUT2D eigenvalue weighted by Crippen LogP contribution is 2.60. The van der Waals surface area contributed by atoms with Crippen molar-refractivity contribution in [3.8, 4) is 0 Å².